The van der Waals surface area contributed by atoms with Crippen LogP contribution in [0.2, 0.25) is 0 Å². The smallest absolute Gasteiger partial charge is 0.422 e. The lowest BCUT2D eigenvalue weighted by molar-refractivity contribution is 0.121. The van der Waals surface area contributed by atoms with Gasteiger partial charge in [0.25, 0.3) is 0 Å². The lowest BCUT2D eigenvalue weighted by Crippen LogP contribution is -2.42. The number of nitrogens with two attached hydrogens (primary N) is 1. The van der Waals surface area contributed by atoms with Gasteiger partial charge in [0, 0.05) is 11.7 Å². The summed E-state index contributed by atoms with van der Waals surface area (Å²) in [7, 11) is -4.00. The fraction of sp³-hybridized carbons (Fsp3) is 0.417. The van der Waals surface area contributed by atoms with Gasteiger partial charge in [-0.25, -0.2) is 9.52 Å². The maximum absolute atomic E-state index is 11.7. The van der Waals surface area contributed by atoms with Crippen LogP contribution in [0.1, 0.15) is 32.4 Å². The molecule has 0 bridgehead atoms. The summed E-state index contributed by atoms with van der Waals surface area (Å²) in [5, 5.41) is 0. The van der Waals surface area contributed by atoms with Crippen LogP contribution in [-0.4, -0.2) is 20.6 Å². The standard InChI is InChI=1S/C12H19N3O4S/c1-8(2)19-12(16)15-20(17,18)14-9(3)10-5-4-6-11(13)7-10/h4-9,14H,13H2,1-3H3,(H,15,16). The summed E-state index contributed by atoms with van der Waals surface area (Å²) in [6, 6.07) is 6.26. The number of carbonyl (C=O) groups is 1. The van der Waals surface area contributed by atoms with E-state index in [0.29, 0.717) is 11.3 Å². The fourth-order valence-corrected chi connectivity index (χ4v) is 2.43. The minimum atomic E-state index is -4.00. The Morgan fingerprint density at radius 2 is 1.95 bits per heavy atom. The minimum absolute atomic E-state index is 0.406. The molecule has 0 fully saturated rings. The Kier molecular flexibility index (Phi) is 5.34. The summed E-state index contributed by atoms with van der Waals surface area (Å²) in [4.78, 5) is 11.3. The van der Waals surface area contributed by atoms with Crippen LogP contribution in [0.15, 0.2) is 24.3 Å². The number of hydrogen-bond donors (Lipinski definition) is 3. The largest absolute Gasteiger partial charge is 0.446 e. The number of rotatable bonds is 5. The molecule has 0 spiro atoms. The van der Waals surface area contributed by atoms with Crippen molar-refractivity contribution in [2.24, 2.45) is 0 Å². The quantitative estimate of drug-likeness (QED) is 0.710. The molecule has 0 aliphatic rings. The molecule has 0 heterocycles. The number of benzene rings is 1. The van der Waals surface area contributed by atoms with E-state index in [2.05, 4.69) is 4.72 Å². The topological polar surface area (TPSA) is 111 Å². The van der Waals surface area contributed by atoms with Crippen LogP contribution < -0.4 is 15.2 Å². The fourth-order valence-electron chi connectivity index (χ4n) is 1.51. The van der Waals surface area contributed by atoms with Crippen molar-refractivity contribution in [3.05, 3.63) is 29.8 Å². The maximum Gasteiger partial charge on any atom is 0.422 e. The highest BCUT2D eigenvalue weighted by Gasteiger charge is 2.19. The maximum atomic E-state index is 11.7. The number of anilines is 1. The van der Waals surface area contributed by atoms with E-state index in [1.54, 1.807) is 49.8 Å². The number of hydrogen-bond acceptors (Lipinski definition) is 5. The Morgan fingerprint density at radius 1 is 1.30 bits per heavy atom. The van der Waals surface area contributed by atoms with Crippen LogP contribution in [0.4, 0.5) is 10.5 Å². The zero-order valence-corrected chi connectivity index (χ0v) is 12.4. The third kappa shape index (κ3) is 5.45. The molecule has 1 rings (SSSR count). The van der Waals surface area contributed by atoms with Crippen molar-refractivity contribution in [3.63, 3.8) is 0 Å². The number of nitrogens with one attached hydrogen (secondary N) is 2. The van der Waals surface area contributed by atoms with E-state index in [1.807, 2.05) is 0 Å². The van der Waals surface area contributed by atoms with E-state index in [4.69, 9.17) is 10.5 Å². The van der Waals surface area contributed by atoms with Crippen LogP contribution in [0.25, 0.3) is 0 Å². The van der Waals surface area contributed by atoms with E-state index < -0.39 is 28.4 Å². The number of nitrogen functional groups attached to an aromatic ring is 1. The molecule has 0 saturated carbocycles. The van der Waals surface area contributed by atoms with Gasteiger partial charge in [0.15, 0.2) is 0 Å². The van der Waals surface area contributed by atoms with Gasteiger partial charge in [0.1, 0.15) is 0 Å². The molecule has 1 aromatic rings. The Balaban J connectivity index is 2.69. The zero-order chi connectivity index (χ0) is 15.3. The van der Waals surface area contributed by atoms with Gasteiger partial charge in [-0.3, -0.25) is 0 Å². The normalized spacial score (nSPS) is 13.0. The van der Waals surface area contributed by atoms with E-state index >= 15 is 0 Å². The Bertz CT molecular complexity index is 572. The van der Waals surface area contributed by atoms with Gasteiger partial charge >= 0.3 is 16.3 Å². The molecule has 112 valence electrons. The van der Waals surface area contributed by atoms with Crippen molar-refractivity contribution in [2.45, 2.75) is 32.9 Å². The number of carbonyl (C=O) groups excluding carboxylic acids is 1. The molecule has 1 amide bonds. The van der Waals surface area contributed by atoms with Crippen LogP contribution in [0.5, 0.6) is 0 Å². The molecule has 20 heavy (non-hydrogen) atoms. The highest BCUT2D eigenvalue weighted by Crippen LogP contribution is 2.15. The van der Waals surface area contributed by atoms with Gasteiger partial charge in [-0.2, -0.15) is 13.1 Å². The van der Waals surface area contributed by atoms with Crippen molar-refractivity contribution >= 4 is 22.0 Å². The average Bonchev–Trinajstić information content (AvgIpc) is 2.25. The van der Waals surface area contributed by atoms with E-state index in [1.165, 1.54) is 0 Å². The van der Waals surface area contributed by atoms with E-state index in [0.717, 1.165) is 0 Å². The van der Waals surface area contributed by atoms with Crippen LogP contribution in [0.3, 0.4) is 0 Å². The molecule has 0 aromatic heterocycles. The second kappa shape index (κ2) is 6.58. The Morgan fingerprint density at radius 3 is 2.50 bits per heavy atom. The lowest BCUT2D eigenvalue weighted by atomic mass is 10.1. The summed E-state index contributed by atoms with van der Waals surface area (Å²) in [5.41, 5.74) is 6.84. The monoisotopic (exact) mass is 301 g/mol. The molecule has 0 radical (unpaired) electrons. The van der Waals surface area contributed by atoms with Gasteiger partial charge in [0.05, 0.1) is 6.10 Å². The third-order valence-electron chi connectivity index (χ3n) is 2.30. The van der Waals surface area contributed by atoms with Crippen molar-refractivity contribution in [3.8, 4) is 0 Å². The predicted octanol–water partition coefficient (Wildman–Crippen LogP) is 1.30. The van der Waals surface area contributed by atoms with Gasteiger partial charge in [0.2, 0.25) is 0 Å². The second-order valence-corrected chi connectivity index (χ2v) is 6.02. The van der Waals surface area contributed by atoms with Crippen molar-refractivity contribution < 1.29 is 17.9 Å². The first kappa shape index (κ1) is 16.3. The first-order valence-corrected chi connectivity index (χ1v) is 7.54. The Labute approximate surface area is 118 Å². The molecule has 1 atom stereocenters. The SMILES string of the molecule is CC(C)OC(=O)NS(=O)(=O)NC(C)c1cccc(N)c1. The summed E-state index contributed by atoms with van der Waals surface area (Å²) < 4.78 is 32.3. The van der Waals surface area contributed by atoms with Crippen LogP contribution >= 0.6 is 0 Å². The van der Waals surface area contributed by atoms with Gasteiger partial charge in [-0.05, 0) is 38.5 Å². The van der Waals surface area contributed by atoms with Crippen molar-refractivity contribution in [1.82, 2.24) is 9.44 Å². The van der Waals surface area contributed by atoms with Crippen LogP contribution in [0, 0.1) is 0 Å². The highest BCUT2D eigenvalue weighted by atomic mass is 32.2. The molecular formula is C12H19N3O4S. The third-order valence-corrected chi connectivity index (χ3v) is 3.40. The molecule has 1 unspecified atom stereocenters. The number of amides is 1. The summed E-state index contributed by atoms with van der Waals surface area (Å²) in [5.74, 6) is 0. The second-order valence-electron chi connectivity index (χ2n) is 4.57. The lowest BCUT2D eigenvalue weighted by Gasteiger charge is -2.16. The minimum Gasteiger partial charge on any atom is -0.446 e. The molecule has 1 aromatic carbocycles. The van der Waals surface area contributed by atoms with E-state index in [9.17, 15) is 13.2 Å². The van der Waals surface area contributed by atoms with Crippen molar-refractivity contribution in [2.75, 3.05) is 5.73 Å². The van der Waals surface area contributed by atoms with E-state index in [-0.39, 0.29) is 0 Å². The summed E-state index contributed by atoms with van der Waals surface area (Å²) in [6.07, 6.45) is -1.43. The number of ether oxygens (including phenoxy) is 1. The molecule has 0 aliphatic carbocycles. The van der Waals surface area contributed by atoms with Gasteiger partial charge in [-0.1, -0.05) is 12.1 Å². The molecule has 8 heteroatoms. The highest BCUT2D eigenvalue weighted by molar-refractivity contribution is 7.88. The summed E-state index contributed by atoms with van der Waals surface area (Å²) in [6.45, 7) is 4.88. The molecule has 0 aliphatic heterocycles. The molecule has 7 nitrogen and oxygen atoms in total. The van der Waals surface area contributed by atoms with Gasteiger partial charge in [-0.15, -0.1) is 0 Å². The first-order valence-electron chi connectivity index (χ1n) is 6.05. The molecular weight excluding hydrogens is 282 g/mol. The van der Waals surface area contributed by atoms with Gasteiger partial charge < -0.3 is 10.5 Å². The van der Waals surface area contributed by atoms with Crippen LogP contribution in [-0.2, 0) is 14.9 Å². The van der Waals surface area contributed by atoms with Crippen molar-refractivity contribution in [1.29, 1.82) is 0 Å². The average molecular weight is 301 g/mol. The zero-order valence-electron chi connectivity index (χ0n) is 11.6. The molecule has 4 N–H and O–H groups in total. The predicted molar refractivity (Wildman–Crippen MR) is 76.1 cm³/mol. The Hall–Kier alpha value is -1.80. The molecule has 0 saturated heterocycles. The first-order chi connectivity index (χ1) is 9.19. The summed E-state index contributed by atoms with van der Waals surface area (Å²) >= 11 is 0.